The fourth-order valence-electron chi connectivity index (χ4n) is 4.61. The van der Waals surface area contributed by atoms with Gasteiger partial charge < -0.3 is 15.4 Å². The van der Waals surface area contributed by atoms with E-state index in [-0.39, 0.29) is 5.91 Å². The summed E-state index contributed by atoms with van der Waals surface area (Å²) in [7, 11) is 0. The molecule has 0 spiro atoms. The van der Waals surface area contributed by atoms with Crippen molar-refractivity contribution < 1.29 is 9.53 Å². The van der Waals surface area contributed by atoms with Crippen molar-refractivity contribution in [3.05, 3.63) is 132 Å². The van der Waals surface area contributed by atoms with Gasteiger partial charge in [-0.05, 0) is 54.4 Å². The average Bonchev–Trinajstić information content (AvgIpc) is 3.40. The van der Waals surface area contributed by atoms with Crippen LogP contribution in [0.15, 0.2) is 121 Å². The molecule has 0 bridgehead atoms. The van der Waals surface area contributed by atoms with E-state index in [1.165, 1.54) is 0 Å². The number of pyridine rings is 1. The van der Waals surface area contributed by atoms with Gasteiger partial charge in [0.05, 0.1) is 5.57 Å². The molecule has 0 radical (unpaired) electrons. The van der Waals surface area contributed by atoms with Crippen molar-refractivity contribution >= 4 is 17.5 Å². The molecule has 192 valence electrons. The molecule has 0 fully saturated rings. The Bertz CT molecular complexity index is 1630. The number of para-hydroxylation sites is 1. The van der Waals surface area contributed by atoms with Gasteiger partial charge >= 0.3 is 0 Å². The number of carbonyl (C=O) groups excluding carboxylic acids is 1. The molecule has 39 heavy (non-hydrogen) atoms. The Morgan fingerprint density at radius 2 is 1.69 bits per heavy atom. The van der Waals surface area contributed by atoms with Crippen molar-refractivity contribution in [3.63, 3.8) is 0 Å². The third kappa shape index (κ3) is 5.13. The molecule has 0 aliphatic carbocycles. The summed E-state index contributed by atoms with van der Waals surface area (Å²) in [4.78, 5) is 22.6. The van der Waals surface area contributed by atoms with E-state index < -0.39 is 6.04 Å². The molecule has 3 heterocycles. The molecule has 0 saturated carbocycles. The minimum atomic E-state index is -0.534. The van der Waals surface area contributed by atoms with Crippen molar-refractivity contribution in [3.8, 4) is 17.1 Å². The summed E-state index contributed by atoms with van der Waals surface area (Å²) in [6, 6.07) is 30.4. The molecule has 8 heteroatoms. The summed E-state index contributed by atoms with van der Waals surface area (Å²) in [6.45, 7) is 2.32. The van der Waals surface area contributed by atoms with E-state index in [0.29, 0.717) is 41.1 Å². The van der Waals surface area contributed by atoms with Crippen LogP contribution in [-0.4, -0.2) is 25.7 Å². The van der Waals surface area contributed by atoms with Gasteiger partial charge in [-0.1, -0.05) is 60.7 Å². The predicted octanol–water partition coefficient (Wildman–Crippen LogP) is 5.85. The predicted molar refractivity (Wildman–Crippen MR) is 150 cm³/mol. The first-order chi connectivity index (χ1) is 19.2. The Morgan fingerprint density at radius 3 is 2.46 bits per heavy atom. The Labute approximate surface area is 226 Å². The maximum absolute atomic E-state index is 13.7. The Balaban J connectivity index is 1.39. The van der Waals surface area contributed by atoms with Gasteiger partial charge in [0.1, 0.15) is 18.4 Å². The Kier molecular flexibility index (Phi) is 6.57. The smallest absolute Gasteiger partial charge is 0.255 e. The molecule has 3 aromatic carbocycles. The summed E-state index contributed by atoms with van der Waals surface area (Å²) in [5.41, 5.74) is 4.71. The number of hydrogen-bond donors (Lipinski definition) is 2. The monoisotopic (exact) mass is 514 g/mol. The largest absolute Gasteiger partial charge is 0.489 e. The number of aromatic nitrogens is 4. The lowest BCUT2D eigenvalue weighted by Crippen LogP contribution is -2.31. The molecule has 1 atom stereocenters. The van der Waals surface area contributed by atoms with Crippen LogP contribution in [0.4, 0.5) is 11.6 Å². The minimum absolute atomic E-state index is 0.224. The number of rotatable bonds is 7. The fraction of sp³-hybridized carbons (Fsp3) is 0.0968. The quantitative estimate of drug-likeness (QED) is 0.283. The second-order valence-electron chi connectivity index (χ2n) is 9.17. The van der Waals surface area contributed by atoms with Crippen LogP contribution >= 0.6 is 0 Å². The van der Waals surface area contributed by atoms with Gasteiger partial charge in [0.2, 0.25) is 5.95 Å². The van der Waals surface area contributed by atoms with E-state index in [1.807, 2.05) is 104 Å². The number of ether oxygens (including phenoxy) is 1. The van der Waals surface area contributed by atoms with Gasteiger partial charge in [-0.2, -0.15) is 4.98 Å². The highest BCUT2D eigenvalue weighted by atomic mass is 16.5. The molecule has 2 N–H and O–H groups in total. The van der Waals surface area contributed by atoms with E-state index in [9.17, 15) is 4.79 Å². The molecule has 5 aromatic rings. The fourth-order valence-corrected chi connectivity index (χ4v) is 4.61. The normalized spacial score (nSPS) is 14.3. The van der Waals surface area contributed by atoms with E-state index >= 15 is 0 Å². The first-order valence-corrected chi connectivity index (χ1v) is 12.6. The van der Waals surface area contributed by atoms with Crippen LogP contribution in [-0.2, 0) is 11.4 Å². The van der Waals surface area contributed by atoms with E-state index in [0.717, 1.165) is 16.7 Å². The van der Waals surface area contributed by atoms with Gasteiger partial charge in [-0.15, -0.1) is 5.10 Å². The lowest BCUT2D eigenvalue weighted by molar-refractivity contribution is -0.113. The minimum Gasteiger partial charge on any atom is -0.489 e. The van der Waals surface area contributed by atoms with E-state index in [1.54, 1.807) is 17.1 Å². The lowest BCUT2D eigenvalue weighted by Gasteiger charge is -2.29. The molecule has 1 aliphatic heterocycles. The van der Waals surface area contributed by atoms with Gasteiger partial charge in [0.15, 0.2) is 5.82 Å². The zero-order valence-corrected chi connectivity index (χ0v) is 21.3. The van der Waals surface area contributed by atoms with Crippen molar-refractivity contribution in [1.29, 1.82) is 0 Å². The molecular weight excluding hydrogens is 488 g/mol. The van der Waals surface area contributed by atoms with Crippen molar-refractivity contribution in [1.82, 2.24) is 19.7 Å². The first-order valence-electron chi connectivity index (χ1n) is 12.6. The highest BCUT2D eigenvalue weighted by Gasteiger charge is 2.34. The number of fused-ring (bicyclic) bond motifs is 1. The molecule has 1 aliphatic rings. The third-order valence-corrected chi connectivity index (χ3v) is 6.49. The van der Waals surface area contributed by atoms with Crippen LogP contribution < -0.4 is 15.4 Å². The van der Waals surface area contributed by atoms with Crippen molar-refractivity contribution in [2.75, 3.05) is 10.6 Å². The average molecular weight is 515 g/mol. The SMILES string of the molecule is CC1=C(C(=O)Nc2ccccc2)C(c2cccc(OCc3ccccc3)c2)n2nc(-c3ccncc3)nc2N1. The number of benzene rings is 3. The van der Waals surface area contributed by atoms with Crippen LogP contribution in [0, 0.1) is 0 Å². The van der Waals surface area contributed by atoms with E-state index in [4.69, 9.17) is 14.8 Å². The molecule has 1 unspecified atom stereocenters. The Morgan fingerprint density at radius 1 is 0.949 bits per heavy atom. The summed E-state index contributed by atoms with van der Waals surface area (Å²) >= 11 is 0. The summed E-state index contributed by atoms with van der Waals surface area (Å²) < 4.78 is 7.88. The summed E-state index contributed by atoms with van der Waals surface area (Å²) in [6.07, 6.45) is 3.41. The maximum Gasteiger partial charge on any atom is 0.255 e. The topological polar surface area (TPSA) is 94.0 Å². The van der Waals surface area contributed by atoms with Gasteiger partial charge in [0.25, 0.3) is 5.91 Å². The number of allylic oxidation sites excluding steroid dienone is 1. The van der Waals surface area contributed by atoms with Crippen molar-refractivity contribution in [2.24, 2.45) is 0 Å². The van der Waals surface area contributed by atoms with Crippen LogP contribution in [0.2, 0.25) is 0 Å². The number of anilines is 2. The molecule has 1 amide bonds. The maximum atomic E-state index is 13.7. The molecule has 0 saturated heterocycles. The van der Waals surface area contributed by atoms with Gasteiger partial charge in [0, 0.05) is 29.3 Å². The Hall–Kier alpha value is -5.24. The van der Waals surface area contributed by atoms with Gasteiger partial charge in [-0.3, -0.25) is 9.78 Å². The highest BCUT2D eigenvalue weighted by molar-refractivity contribution is 6.06. The third-order valence-electron chi connectivity index (χ3n) is 6.49. The lowest BCUT2D eigenvalue weighted by atomic mass is 9.95. The van der Waals surface area contributed by atoms with Crippen LogP contribution in [0.3, 0.4) is 0 Å². The van der Waals surface area contributed by atoms with Crippen LogP contribution in [0.25, 0.3) is 11.4 Å². The number of nitrogens with zero attached hydrogens (tertiary/aromatic N) is 4. The second-order valence-corrected chi connectivity index (χ2v) is 9.17. The molecular formula is C31H26N6O2. The highest BCUT2D eigenvalue weighted by Crippen LogP contribution is 2.37. The first kappa shape index (κ1) is 24.1. The summed E-state index contributed by atoms with van der Waals surface area (Å²) in [5.74, 6) is 1.57. The standard InChI is InChI=1S/C31H26N6O2/c1-21-27(30(38)34-25-12-6-3-7-13-25)28(37-31(33-21)35-29(36-37)23-15-17-32-18-16-23)24-11-8-14-26(19-24)39-20-22-9-4-2-5-10-22/h2-19,28H,20H2,1H3,(H,34,38)(H,33,35,36). The van der Waals surface area contributed by atoms with Crippen LogP contribution in [0.5, 0.6) is 5.75 Å². The molecule has 2 aromatic heterocycles. The molecule has 6 rings (SSSR count). The molecule has 8 nitrogen and oxygen atoms in total. The number of amides is 1. The van der Waals surface area contributed by atoms with E-state index in [2.05, 4.69) is 15.6 Å². The second kappa shape index (κ2) is 10.6. The number of hydrogen-bond acceptors (Lipinski definition) is 6. The number of carbonyl (C=O) groups is 1. The van der Waals surface area contributed by atoms with Crippen molar-refractivity contribution in [2.45, 2.75) is 19.6 Å². The van der Waals surface area contributed by atoms with Gasteiger partial charge in [-0.25, -0.2) is 4.68 Å². The van der Waals surface area contributed by atoms with Crippen LogP contribution in [0.1, 0.15) is 24.1 Å². The zero-order valence-electron chi connectivity index (χ0n) is 21.3. The zero-order chi connectivity index (χ0) is 26.6. The number of nitrogens with one attached hydrogen (secondary N) is 2. The summed E-state index contributed by atoms with van der Waals surface area (Å²) in [5, 5.41) is 11.2.